The second kappa shape index (κ2) is 2.22. The third kappa shape index (κ3) is 0.897. The Kier molecular flexibility index (Phi) is 1.34. The Morgan fingerprint density at radius 3 is 3.00 bits per heavy atom. The Labute approximate surface area is 66.2 Å². The highest BCUT2D eigenvalue weighted by atomic mass is 16.5. The second-order valence-electron chi connectivity index (χ2n) is 3.01. The first-order chi connectivity index (χ1) is 5.29. The van der Waals surface area contributed by atoms with Gasteiger partial charge in [-0.25, -0.2) is 4.98 Å². The van der Waals surface area contributed by atoms with E-state index in [2.05, 4.69) is 24.9 Å². The van der Waals surface area contributed by atoms with Gasteiger partial charge in [0.1, 0.15) is 6.10 Å². The molecule has 1 aliphatic rings. The second-order valence-corrected chi connectivity index (χ2v) is 3.01. The number of nitrogens with zero attached hydrogens (tertiary/aromatic N) is 1. The minimum absolute atomic E-state index is 0.278. The summed E-state index contributed by atoms with van der Waals surface area (Å²) in [6.45, 7) is 4.24. The molecule has 0 amide bonds. The smallest absolute Gasteiger partial charge is 0.217 e. The average Bonchev–Trinajstić information content (AvgIpc) is 2.30. The summed E-state index contributed by atoms with van der Waals surface area (Å²) in [6.07, 6.45) is 2.05. The molecule has 0 aromatic carbocycles. The van der Waals surface area contributed by atoms with E-state index in [9.17, 15) is 0 Å². The fraction of sp³-hybridized carbons (Fsp3) is 0.444. The normalized spacial score (nSPS) is 27.8. The molecule has 0 radical (unpaired) electrons. The van der Waals surface area contributed by atoms with Crippen LogP contribution in [0.5, 0.6) is 5.88 Å². The third-order valence-corrected chi connectivity index (χ3v) is 2.29. The molecule has 2 unspecified atom stereocenters. The summed E-state index contributed by atoms with van der Waals surface area (Å²) in [4.78, 5) is 4.14. The van der Waals surface area contributed by atoms with Crippen molar-refractivity contribution in [3.63, 3.8) is 0 Å². The Bertz CT molecular complexity index is 272. The SMILES string of the molecule is CC1Oc2ncccc2C1C. The zero-order valence-electron chi connectivity index (χ0n) is 6.74. The molecular weight excluding hydrogens is 138 g/mol. The highest BCUT2D eigenvalue weighted by Crippen LogP contribution is 2.35. The number of aromatic nitrogens is 1. The fourth-order valence-corrected chi connectivity index (χ4v) is 1.38. The summed E-state index contributed by atoms with van der Waals surface area (Å²) < 4.78 is 5.51. The van der Waals surface area contributed by atoms with Crippen LogP contribution in [0.4, 0.5) is 0 Å². The number of fused-ring (bicyclic) bond motifs is 1. The first kappa shape index (κ1) is 6.65. The largest absolute Gasteiger partial charge is 0.474 e. The maximum absolute atomic E-state index is 5.51. The van der Waals surface area contributed by atoms with Crippen LogP contribution in [0.15, 0.2) is 18.3 Å². The molecule has 0 saturated carbocycles. The summed E-state index contributed by atoms with van der Waals surface area (Å²) in [5, 5.41) is 0. The van der Waals surface area contributed by atoms with Crippen molar-refractivity contribution in [2.24, 2.45) is 0 Å². The van der Waals surface area contributed by atoms with Gasteiger partial charge in [-0.1, -0.05) is 13.0 Å². The molecule has 0 bridgehead atoms. The van der Waals surface area contributed by atoms with E-state index in [0.717, 1.165) is 5.88 Å². The highest BCUT2D eigenvalue weighted by Gasteiger charge is 2.27. The van der Waals surface area contributed by atoms with E-state index in [0.29, 0.717) is 5.92 Å². The lowest BCUT2D eigenvalue weighted by Gasteiger charge is -2.06. The van der Waals surface area contributed by atoms with Crippen molar-refractivity contribution in [1.82, 2.24) is 4.98 Å². The van der Waals surface area contributed by atoms with Crippen molar-refractivity contribution < 1.29 is 4.74 Å². The summed E-state index contributed by atoms with van der Waals surface area (Å²) in [5.41, 5.74) is 1.24. The van der Waals surface area contributed by atoms with Crippen LogP contribution >= 0.6 is 0 Å². The van der Waals surface area contributed by atoms with Crippen molar-refractivity contribution in [2.75, 3.05) is 0 Å². The van der Waals surface area contributed by atoms with Gasteiger partial charge in [-0.3, -0.25) is 0 Å². The summed E-state index contributed by atoms with van der Waals surface area (Å²) in [6, 6.07) is 4.03. The molecular formula is C9H11NO. The molecule has 1 aromatic heterocycles. The van der Waals surface area contributed by atoms with Crippen molar-refractivity contribution in [2.45, 2.75) is 25.9 Å². The molecule has 2 rings (SSSR count). The van der Waals surface area contributed by atoms with Crippen LogP contribution in [0.25, 0.3) is 0 Å². The number of pyridine rings is 1. The van der Waals surface area contributed by atoms with Crippen LogP contribution in [0.1, 0.15) is 25.3 Å². The van der Waals surface area contributed by atoms with Crippen LogP contribution in [0.2, 0.25) is 0 Å². The first-order valence-corrected chi connectivity index (χ1v) is 3.90. The van der Waals surface area contributed by atoms with E-state index in [1.54, 1.807) is 6.20 Å². The molecule has 0 fully saturated rings. The van der Waals surface area contributed by atoms with Crippen LogP contribution < -0.4 is 4.74 Å². The molecule has 58 valence electrons. The molecule has 0 N–H and O–H groups in total. The van der Waals surface area contributed by atoms with Gasteiger partial charge in [0.05, 0.1) is 0 Å². The molecule has 2 nitrogen and oxygen atoms in total. The highest BCUT2D eigenvalue weighted by molar-refractivity contribution is 5.33. The lowest BCUT2D eigenvalue weighted by Crippen LogP contribution is -2.10. The number of hydrogen-bond donors (Lipinski definition) is 0. The predicted octanol–water partition coefficient (Wildman–Crippen LogP) is 1.97. The van der Waals surface area contributed by atoms with Gasteiger partial charge in [-0.05, 0) is 13.0 Å². The lowest BCUT2D eigenvalue weighted by atomic mass is 10.0. The molecule has 1 aromatic rings. The van der Waals surface area contributed by atoms with Crippen molar-refractivity contribution in [1.29, 1.82) is 0 Å². The van der Waals surface area contributed by atoms with E-state index >= 15 is 0 Å². The molecule has 0 aliphatic carbocycles. The van der Waals surface area contributed by atoms with Gasteiger partial charge in [-0.15, -0.1) is 0 Å². The molecule has 11 heavy (non-hydrogen) atoms. The predicted molar refractivity (Wildman–Crippen MR) is 42.7 cm³/mol. The fourth-order valence-electron chi connectivity index (χ4n) is 1.38. The van der Waals surface area contributed by atoms with Crippen molar-refractivity contribution in [3.8, 4) is 5.88 Å². The third-order valence-electron chi connectivity index (χ3n) is 2.29. The van der Waals surface area contributed by atoms with Gasteiger partial charge in [-0.2, -0.15) is 0 Å². The van der Waals surface area contributed by atoms with E-state index in [1.165, 1.54) is 5.56 Å². The van der Waals surface area contributed by atoms with Gasteiger partial charge in [0.25, 0.3) is 0 Å². The molecule has 2 atom stereocenters. The van der Waals surface area contributed by atoms with Crippen LogP contribution in [0, 0.1) is 0 Å². The van der Waals surface area contributed by atoms with Crippen LogP contribution in [-0.4, -0.2) is 11.1 Å². The van der Waals surface area contributed by atoms with Gasteiger partial charge >= 0.3 is 0 Å². The quantitative estimate of drug-likeness (QED) is 0.562. The van der Waals surface area contributed by atoms with Crippen LogP contribution in [-0.2, 0) is 0 Å². The molecule has 0 saturated heterocycles. The molecule has 1 aliphatic heterocycles. The Morgan fingerprint density at radius 2 is 2.27 bits per heavy atom. The van der Waals surface area contributed by atoms with Crippen molar-refractivity contribution in [3.05, 3.63) is 23.9 Å². The Balaban J connectivity index is 2.47. The van der Waals surface area contributed by atoms with E-state index in [-0.39, 0.29) is 6.10 Å². The topological polar surface area (TPSA) is 22.1 Å². The van der Waals surface area contributed by atoms with E-state index < -0.39 is 0 Å². The molecule has 2 heteroatoms. The Morgan fingerprint density at radius 1 is 1.45 bits per heavy atom. The monoisotopic (exact) mass is 149 g/mol. The van der Waals surface area contributed by atoms with Gasteiger partial charge < -0.3 is 4.74 Å². The minimum Gasteiger partial charge on any atom is -0.474 e. The van der Waals surface area contributed by atoms with Gasteiger partial charge in [0.2, 0.25) is 5.88 Å². The summed E-state index contributed by atoms with van der Waals surface area (Å²) in [5.74, 6) is 1.30. The van der Waals surface area contributed by atoms with Gasteiger partial charge in [0.15, 0.2) is 0 Å². The Hall–Kier alpha value is -1.05. The standard InChI is InChI=1S/C9H11NO/c1-6-7(2)11-9-8(6)4-3-5-10-9/h3-7H,1-2H3. The summed E-state index contributed by atoms with van der Waals surface area (Å²) >= 11 is 0. The lowest BCUT2D eigenvalue weighted by molar-refractivity contribution is 0.225. The van der Waals surface area contributed by atoms with Crippen LogP contribution in [0.3, 0.4) is 0 Å². The molecule has 2 heterocycles. The first-order valence-electron chi connectivity index (χ1n) is 3.90. The number of ether oxygens (including phenoxy) is 1. The maximum Gasteiger partial charge on any atom is 0.217 e. The average molecular weight is 149 g/mol. The number of rotatable bonds is 0. The van der Waals surface area contributed by atoms with E-state index in [4.69, 9.17) is 4.74 Å². The van der Waals surface area contributed by atoms with E-state index in [1.807, 2.05) is 6.07 Å². The number of hydrogen-bond acceptors (Lipinski definition) is 2. The van der Waals surface area contributed by atoms with Crippen molar-refractivity contribution >= 4 is 0 Å². The zero-order chi connectivity index (χ0) is 7.84. The molecule has 0 spiro atoms. The maximum atomic E-state index is 5.51. The summed E-state index contributed by atoms with van der Waals surface area (Å²) in [7, 11) is 0. The van der Waals surface area contributed by atoms with Gasteiger partial charge in [0, 0.05) is 17.7 Å². The minimum atomic E-state index is 0.278. The zero-order valence-corrected chi connectivity index (χ0v) is 6.74.